The van der Waals surface area contributed by atoms with Gasteiger partial charge in [-0.15, -0.1) is 0 Å². The minimum absolute atomic E-state index is 0.317. The molecule has 0 saturated carbocycles. The number of hydrogen-bond acceptors (Lipinski definition) is 2. The molecule has 3 nitrogen and oxygen atoms in total. The van der Waals surface area contributed by atoms with E-state index in [9.17, 15) is 4.79 Å². The van der Waals surface area contributed by atoms with Crippen LogP contribution in [0.25, 0.3) is 0 Å². The van der Waals surface area contributed by atoms with Gasteiger partial charge in [0.2, 0.25) is 0 Å². The number of hydrogen-bond donors (Lipinski definition) is 1. The van der Waals surface area contributed by atoms with Gasteiger partial charge in [-0.2, -0.15) is 0 Å². The highest BCUT2D eigenvalue weighted by Gasteiger charge is 2.26. The Labute approximate surface area is 110 Å². The Kier molecular flexibility index (Phi) is 4.66. The first kappa shape index (κ1) is 14.1. The molecule has 0 amide bonds. The zero-order chi connectivity index (χ0) is 13.1. The van der Waals surface area contributed by atoms with Crippen LogP contribution in [0, 0.1) is 5.41 Å². The lowest BCUT2D eigenvalue weighted by atomic mass is 9.90. The Balaban J connectivity index is 2.51. The molecule has 0 saturated heterocycles. The highest BCUT2D eigenvalue weighted by Crippen LogP contribution is 2.27. The van der Waals surface area contributed by atoms with Gasteiger partial charge in [-0.25, -0.2) is 0 Å². The molecule has 0 radical (unpaired) electrons. The molecule has 0 aliphatic heterocycles. The Morgan fingerprint density at radius 2 is 2.00 bits per heavy atom. The van der Waals surface area contributed by atoms with Crippen LogP contribution in [0.2, 0.25) is 10.0 Å². The monoisotopic (exact) mass is 276 g/mol. The molecule has 0 heterocycles. The minimum Gasteiger partial charge on any atom is -0.494 e. The first-order chi connectivity index (χ1) is 7.83. The van der Waals surface area contributed by atoms with E-state index in [-0.39, 0.29) is 0 Å². The van der Waals surface area contributed by atoms with Crippen LogP contribution in [0.1, 0.15) is 20.3 Å². The summed E-state index contributed by atoms with van der Waals surface area (Å²) in [5.41, 5.74) is -0.795. The molecule has 0 atom stereocenters. The quantitative estimate of drug-likeness (QED) is 0.888. The lowest BCUT2D eigenvalue weighted by molar-refractivity contribution is -0.147. The minimum atomic E-state index is -0.838. The smallest absolute Gasteiger partial charge is 0.309 e. The average Bonchev–Trinajstić information content (AvgIpc) is 2.23. The highest BCUT2D eigenvalue weighted by atomic mass is 35.5. The number of benzene rings is 1. The van der Waals surface area contributed by atoms with Crippen molar-refractivity contribution in [2.45, 2.75) is 20.3 Å². The van der Waals surface area contributed by atoms with E-state index in [1.54, 1.807) is 32.0 Å². The molecule has 1 N–H and O–H groups in total. The van der Waals surface area contributed by atoms with E-state index >= 15 is 0 Å². The van der Waals surface area contributed by atoms with Crippen molar-refractivity contribution in [3.05, 3.63) is 28.2 Å². The summed E-state index contributed by atoms with van der Waals surface area (Å²) in [5.74, 6) is -0.254. The topological polar surface area (TPSA) is 46.5 Å². The zero-order valence-electron chi connectivity index (χ0n) is 9.67. The van der Waals surface area contributed by atoms with Crippen molar-refractivity contribution in [3.8, 4) is 5.75 Å². The Hall–Kier alpha value is -0.930. The maximum Gasteiger partial charge on any atom is 0.309 e. The van der Waals surface area contributed by atoms with Gasteiger partial charge >= 0.3 is 5.97 Å². The van der Waals surface area contributed by atoms with Gasteiger partial charge in [-0.05, 0) is 32.4 Å². The standard InChI is InChI=1S/C12H14Cl2O3/c1-12(2,11(15)16)5-6-17-8-3-4-9(13)10(14)7-8/h3-4,7H,5-6H2,1-2H3,(H,15,16). The SMILES string of the molecule is CC(C)(CCOc1ccc(Cl)c(Cl)c1)C(=O)O. The summed E-state index contributed by atoms with van der Waals surface area (Å²) in [7, 11) is 0. The summed E-state index contributed by atoms with van der Waals surface area (Å²) in [6.45, 7) is 3.64. The third kappa shape index (κ3) is 4.10. The third-order valence-corrected chi connectivity index (χ3v) is 3.20. The normalized spacial score (nSPS) is 11.3. The van der Waals surface area contributed by atoms with Crippen LogP contribution in [-0.2, 0) is 4.79 Å². The summed E-state index contributed by atoms with van der Waals surface area (Å²) in [6, 6.07) is 4.95. The van der Waals surface area contributed by atoms with Crippen molar-refractivity contribution in [3.63, 3.8) is 0 Å². The molecule has 0 bridgehead atoms. The van der Waals surface area contributed by atoms with Crippen molar-refractivity contribution in [1.29, 1.82) is 0 Å². The predicted molar refractivity (Wildman–Crippen MR) is 68.0 cm³/mol. The molecule has 0 aromatic heterocycles. The number of carbonyl (C=O) groups is 1. The maximum atomic E-state index is 10.9. The van der Waals surface area contributed by atoms with E-state index < -0.39 is 11.4 Å². The van der Waals surface area contributed by atoms with E-state index in [4.69, 9.17) is 33.0 Å². The molecule has 0 aliphatic carbocycles. The van der Waals surface area contributed by atoms with Crippen molar-refractivity contribution in [2.24, 2.45) is 5.41 Å². The van der Waals surface area contributed by atoms with Gasteiger partial charge in [0.15, 0.2) is 0 Å². The number of rotatable bonds is 5. The molecular weight excluding hydrogens is 263 g/mol. The summed E-state index contributed by atoms with van der Waals surface area (Å²) in [4.78, 5) is 10.9. The Bertz CT molecular complexity index is 416. The van der Waals surface area contributed by atoms with Crippen LogP contribution in [0.5, 0.6) is 5.75 Å². The Morgan fingerprint density at radius 1 is 1.35 bits per heavy atom. The molecular formula is C12H14Cl2O3. The van der Waals surface area contributed by atoms with Crippen LogP contribution in [-0.4, -0.2) is 17.7 Å². The second-order valence-electron chi connectivity index (χ2n) is 4.36. The van der Waals surface area contributed by atoms with Gasteiger partial charge in [0.1, 0.15) is 5.75 Å². The van der Waals surface area contributed by atoms with Gasteiger partial charge in [0.25, 0.3) is 0 Å². The van der Waals surface area contributed by atoms with Crippen molar-refractivity contribution < 1.29 is 14.6 Å². The third-order valence-electron chi connectivity index (χ3n) is 2.47. The number of carboxylic acids is 1. The molecule has 94 valence electrons. The van der Waals surface area contributed by atoms with E-state index in [0.29, 0.717) is 28.8 Å². The maximum absolute atomic E-state index is 10.9. The molecule has 1 aromatic carbocycles. The highest BCUT2D eigenvalue weighted by molar-refractivity contribution is 6.42. The molecule has 0 fully saturated rings. The van der Waals surface area contributed by atoms with Crippen molar-refractivity contribution in [1.82, 2.24) is 0 Å². The van der Waals surface area contributed by atoms with E-state index in [1.165, 1.54) is 0 Å². The molecule has 0 spiro atoms. The molecule has 5 heteroatoms. The number of ether oxygens (including phenoxy) is 1. The van der Waals surface area contributed by atoms with E-state index in [1.807, 2.05) is 0 Å². The van der Waals surface area contributed by atoms with Crippen LogP contribution >= 0.6 is 23.2 Å². The van der Waals surface area contributed by atoms with Gasteiger partial charge in [-0.1, -0.05) is 23.2 Å². The average molecular weight is 277 g/mol. The van der Waals surface area contributed by atoms with Crippen molar-refractivity contribution >= 4 is 29.2 Å². The molecule has 0 aliphatic rings. The second-order valence-corrected chi connectivity index (χ2v) is 5.18. The largest absolute Gasteiger partial charge is 0.494 e. The lowest BCUT2D eigenvalue weighted by Gasteiger charge is -2.18. The van der Waals surface area contributed by atoms with Crippen LogP contribution < -0.4 is 4.74 Å². The number of carboxylic acid groups (broad SMARTS) is 1. The summed E-state index contributed by atoms with van der Waals surface area (Å²) in [5, 5.41) is 9.81. The van der Waals surface area contributed by atoms with Gasteiger partial charge in [0, 0.05) is 6.07 Å². The van der Waals surface area contributed by atoms with Gasteiger partial charge in [-0.3, -0.25) is 4.79 Å². The molecule has 17 heavy (non-hydrogen) atoms. The zero-order valence-corrected chi connectivity index (χ0v) is 11.2. The van der Waals surface area contributed by atoms with Crippen molar-refractivity contribution in [2.75, 3.05) is 6.61 Å². The first-order valence-electron chi connectivity index (χ1n) is 5.14. The number of halogens is 2. The van der Waals surface area contributed by atoms with Crippen LogP contribution in [0.3, 0.4) is 0 Å². The van der Waals surface area contributed by atoms with Gasteiger partial charge < -0.3 is 9.84 Å². The van der Waals surface area contributed by atoms with Crippen LogP contribution in [0.4, 0.5) is 0 Å². The molecule has 1 rings (SSSR count). The van der Waals surface area contributed by atoms with E-state index in [2.05, 4.69) is 0 Å². The Morgan fingerprint density at radius 3 is 2.53 bits per heavy atom. The fourth-order valence-electron chi connectivity index (χ4n) is 1.10. The van der Waals surface area contributed by atoms with Gasteiger partial charge in [0.05, 0.1) is 22.1 Å². The summed E-state index contributed by atoms with van der Waals surface area (Å²) < 4.78 is 5.42. The number of aliphatic carboxylic acids is 1. The predicted octanol–water partition coefficient (Wildman–Crippen LogP) is 3.87. The fraction of sp³-hybridized carbons (Fsp3) is 0.417. The second kappa shape index (κ2) is 5.61. The summed E-state index contributed by atoms with van der Waals surface area (Å²) in [6.07, 6.45) is 0.419. The van der Waals surface area contributed by atoms with E-state index in [0.717, 1.165) is 0 Å². The fourth-order valence-corrected chi connectivity index (χ4v) is 1.39. The van der Waals surface area contributed by atoms with Crippen LogP contribution in [0.15, 0.2) is 18.2 Å². The lowest BCUT2D eigenvalue weighted by Crippen LogP contribution is -2.25. The molecule has 0 unspecified atom stereocenters. The first-order valence-corrected chi connectivity index (χ1v) is 5.90. The molecule has 1 aromatic rings. The summed E-state index contributed by atoms with van der Waals surface area (Å²) >= 11 is 11.6.